The zero-order valence-electron chi connectivity index (χ0n) is 10.8. The first-order valence-electron chi connectivity index (χ1n) is 6.25. The Morgan fingerprint density at radius 1 is 1.33 bits per heavy atom. The van der Waals surface area contributed by atoms with Gasteiger partial charge in [-0.15, -0.1) is 0 Å². The van der Waals surface area contributed by atoms with Gasteiger partial charge >= 0.3 is 0 Å². The predicted molar refractivity (Wildman–Crippen MR) is 73.9 cm³/mol. The zero-order chi connectivity index (χ0) is 13.1. The van der Waals surface area contributed by atoms with Crippen LogP contribution in [-0.4, -0.2) is 37.5 Å². The van der Waals surface area contributed by atoms with Crippen LogP contribution in [0.5, 0.6) is 0 Å². The van der Waals surface area contributed by atoms with E-state index in [0.717, 1.165) is 17.9 Å². The highest BCUT2D eigenvalue weighted by atomic mass is 35.5. The molecular weight excluding hydrogens is 248 g/mol. The summed E-state index contributed by atoms with van der Waals surface area (Å²) in [6.45, 7) is 0.436. The van der Waals surface area contributed by atoms with Crippen molar-refractivity contribution in [2.24, 2.45) is 0 Å². The minimum absolute atomic E-state index is 0.130. The molecular formula is C14H19ClN2O. The number of rotatable bonds is 4. The quantitative estimate of drug-likeness (QED) is 0.907. The minimum atomic E-state index is 0.130. The molecule has 1 saturated carbocycles. The van der Waals surface area contributed by atoms with Gasteiger partial charge in [0.25, 0.3) is 0 Å². The second-order valence-electron chi connectivity index (χ2n) is 5.09. The predicted octanol–water partition coefficient (Wildman–Crippen LogP) is 2.26. The number of likely N-dealkylation sites (N-methyl/N-ethyl adjacent to an activating group) is 1. The molecule has 1 N–H and O–H groups in total. The van der Waals surface area contributed by atoms with Crippen molar-refractivity contribution in [1.82, 2.24) is 10.2 Å². The topological polar surface area (TPSA) is 32.3 Å². The van der Waals surface area contributed by atoms with Crippen molar-refractivity contribution in [1.29, 1.82) is 0 Å². The fourth-order valence-electron chi connectivity index (χ4n) is 2.18. The number of hydrogen-bond donors (Lipinski definition) is 1. The third kappa shape index (κ3) is 3.24. The van der Waals surface area contributed by atoms with E-state index in [-0.39, 0.29) is 5.91 Å². The van der Waals surface area contributed by atoms with Crippen molar-refractivity contribution >= 4 is 17.5 Å². The van der Waals surface area contributed by atoms with Gasteiger partial charge < -0.3 is 10.2 Å². The van der Waals surface area contributed by atoms with Crippen LogP contribution in [-0.2, 0) is 4.79 Å². The van der Waals surface area contributed by atoms with Crippen LogP contribution in [0.2, 0.25) is 5.02 Å². The summed E-state index contributed by atoms with van der Waals surface area (Å²) in [5, 5.41) is 4.08. The van der Waals surface area contributed by atoms with Gasteiger partial charge in [-0.2, -0.15) is 0 Å². The molecule has 2 rings (SSSR count). The van der Waals surface area contributed by atoms with Gasteiger partial charge in [0.15, 0.2) is 0 Å². The standard InChI is InChI=1S/C14H19ClN2O/c1-17(2)14(18)9-16-13-7-11(8-13)10-3-5-12(15)6-4-10/h3-6,11,13,16H,7-9H2,1-2H3. The van der Waals surface area contributed by atoms with Crippen molar-refractivity contribution < 1.29 is 4.79 Å². The molecule has 0 saturated heterocycles. The number of amides is 1. The molecule has 0 atom stereocenters. The van der Waals surface area contributed by atoms with Gasteiger partial charge in [-0.05, 0) is 36.5 Å². The van der Waals surface area contributed by atoms with Crippen LogP contribution in [0.25, 0.3) is 0 Å². The average molecular weight is 267 g/mol. The zero-order valence-corrected chi connectivity index (χ0v) is 11.6. The molecule has 0 unspecified atom stereocenters. The maximum atomic E-state index is 11.4. The molecule has 0 spiro atoms. The lowest BCUT2D eigenvalue weighted by Gasteiger charge is -2.36. The van der Waals surface area contributed by atoms with E-state index < -0.39 is 0 Å². The summed E-state index contributed by atoms with van der Waals surface area (Å²) in [4.78, 5) is 13.0. The van der Waals surface area contributed by atoms with Crippen LogP contribution in [0.1, 0.15) is 24.3 Å². The molecule has 18 heavy (non-hydrogen) atoms. The summed E-state index contributed by atoms with van der Waals surface area (Å²) in [6, 6.07) is 8.53. The molecule has 1 aliphatic carbocycles. The molecule has 0 aliphatic heterocycles. The van der Waals surface area contributed by atoms with E-state index in [9.17, 15) is 4.79 Å². The van der Waals surface area contributed by atoms with Crippen LogP contribution < -0.4 is 5.32 Å². The van der Waals surface area contributed by atoms with Crippen molar-refractivity contribution in [2.75, 3.05) is 20.6 Å². The molecule has 0 heterocycles. The van der Waals surface area contributed by atoms with E-state index in [1.54, 1.807) is 19.0 Å². The number of halogens is 1. The van der Waals surface area contributed by atoms with Gasteiger partial charge in [-0.25, -0.2) is 0 Å². The largest absolute Gasteiger partial charge is 0.348 e. The summed E-state index contributed by atoms with van der Waals surface area (Å²) >= 11 is 5.87. The van der Waals surface area contributed by atoms with Crippen molar-refractivity contribution in [3.05, 3.63) is 34.9 Å². The Balaban J connectivity index is 1.74. The van der Waals surface area contributed by atoms with Crippen LogP contribution in [0.4, 0.5) is 0 Å². The lowest BCUT2D eigenvalue weighted by molar-refractivity contribution is -0.128. The number of carbonyl (C=O) groups excluding carboxylic acids is 1. The first-order chi connectivity index (χ1) is 8.56. The molecule has 1 fully saturated rings. The van der Waals surface area contributed by atoms with Crippen molar-refractivity contribution in [3.8, 4) is 0 Å². The third-order valence-electron chi connectivity index (χ3n) is 3.52. The number of nitrogens with zero attached hydrogens (tertiary/aromatic N) is 1. The van der Waals surface area contributed by atoms with Crippen molar-refractivity contribution in [3.63, 3.8) is 0 Å². The van der Waals surface area contributed by atoms with E-state index in [4.69, 9.17) is 11.6 Å². The summed E-state index contributed by atoms with van der Waals surface area (Å²) in [5.41, 5.74) is 1.34. The van der Waals surface area contributed by atoms with Gasteiger partial charge in [-0.1, -0.05) is 23.7 Å². The van der Waals surface area contributed by atoms with Crippen LogP contribution in [0.3, 0.4) is 0 Å². The summed E-state index contributed by atoms with van der Waals surface area (Å²) in [6.07, 6.45) is 2.20. The van der Waals surface area contributed by atoms with Gasteiger partial charge in [0.05, 0.1) is 6.54 Å². The number of nitrogens with one attached hydrogen (secondary N) is 1. The van der Waals surface area contributed by atoms with Gasteiger partial charge in [0.1, 0.15) is 0 Å². The molecule has 1 aromatic carbocycles. The van der Waals surface area contributed by atoms with E-state index in [0.29, 0.717) is 18.5 Å². The highest BCUT2D eigenvalue weighted by molar-refractivity contribution is 6.30. The van der Waals surface area contributed by atoms with Gasteiger partial charge in [-0.3, -0.25) is 4.79 Å². The molecule has 1 amide bonds. The summed E-state index contributed by atoms with van der Waals surface area (Å²) in [5.74, 6) is 0.735. The second kappa shape index (κ2) is 5.72. The number of carbonyl (C=O) groups is 1. The normalized spacial score (nSPS) is 22.4. The average Bonchev–Trinajstić information content (AvgIpc) is 2.28. The molecule has 0 aromatic heterocycles. The summed E-state index contributed by atoms with van der Waals surface area (Å²) in [7, 11) is 3.56. The highest BCUT2D eigenvalue weighted by Crippen LogP contribution is 2.37. The van der Waals surface area contributed by atoms with Gasteiger partial charge in [0.2, 0.25) is 5.91 Å². The molecule has 1 aromatic rings. The number of benzene rings is 1. The fraction of sp³-hybridized carbons (Fsp3) is 0.500. The molecule has 1 aliphatic rings. The molecule has 4 heteroatoms. The van der Waals surface area contributed by atoms with E-state index in [2.05, 4.69) is 17.4 Å². The Morgan fingerprint density at radius 3 is 2.50 bits per heavy atom. The SMILES string of the molecule is CN(C)C(=O)CNC1CC(c2ccc(Cl)cc2)C1. The van der Waals surface area contributed by atoms with E-state index in [1.807, 2.05) is 12.1 Å². The fourth-order valence-corrected chi connectivity index (χ4v) is 2.31. The van der Waals surface area contributed by atoms with Gasteiger partial charge in [0, 0.05) is 25.2 Å². The van der Waals surface area contributed by atoms with E-state index in [1.165, 1.54) is 5.56 Å². The minimum Gasteiger partial charge on any atom is -0.348 e. The molecule has 3 nitrogen and oxygen atoms in total. The highest BCUT2D eigenvalue weighted by Gasteiger charge is 2.30. The van der Waals surface area contributed by atoms with Crippen LogP contribution in [0.15, 0.2) is 24.3 Å². The smallest absolute Gasteiger partial charge is 0.236 e. The lowest BCUT2D eigenvalue weighted by Crippen LogP contribution is -2.44. The summed E-state index contributed by atoms with van der Waals surface area (Å²) < 4.78 is 0. The Labute approximate surface area is 113 Å². The Hall–Kier alpha value is -1.06. The van der Waals surface area contributed by atoms with Crippen molar-refractivity contribution in [2.45, 2.75) is 24.8 Å². The van der Waals surface area contributed by atoms with E-state index >= 15 is 0 Å². The Morgan fingerprint density at radius 2 is 1.94 bits per heavy atom. The van der Waals surface area contributed by atoms with Crippen LogP contribution in [0, 0.1) is 0 Å². The maximum Gasteiger partial charge on any atom is 0.236 e. The lowest BCUT2D eigenvalue weighted by atomic mass is 9.76. The first kappa shape index (κ1) is 13.4. The second-order valence-corrected chi connectivity index (χ2v) is 5.52. The number of hydrogen-bond acceptors (Lipinski definition) is 2. The Bertz CT molecular complexity index is 410. The molecule has 0 bridgehead atoms. The molecule has 98 valence electrons. The molecule has 0 radical (unpaired) electrons. The monoisotopic (exact) mass is 266 g/mol. The third-order valence-corrected chi connectivity index (χ3v) is 3.77. The Kier molecular flexibility index (Phi) is 4.25. The van der Waals surface area contributed by atoms with Crippen LogP contribution >= 0.6 is 11.6 Å². The maximum absolute atomic E-state index is 11.4. The first-order valence-corrected chi connectivity index (χ1v) is 6.63.